The Balaban J connectivity index is 2.29. The number of hydrogen-bond acceptors (Lipinski definition) is 1. The highest BCUT2D eigenvalue weighted by molar-refractivity contribution is 6.02. The van der Waals surface area contributed by atoms with Gasteiger partial charge in [0.2, 0.25) is 0 Å². The van der Waals surface area contributed by atoms with Gasteiger partial charge < -0.3 is 0 Å². The first-order valence-corrected chi connectivity index (χ1v) is 6.90. The molecule has 1 aliphatic carbocycles. The molecule has 1 aliphatic rings. The Labute approximate surface area is 110 Å². The molecule has 2 atom stereocenters. The summed E-state index contributed by atoms with van der Waals surface area (Å²) in [5, 5.41) is 0. The van der Waals surface area contributed by atoms with Gasteiger partial charge in [0.25, 0.3) is 0 Å². The minimum Gasteiger partial charge on any atom is -0.294 e. The van der Waals surface area contributed by atoms with Crippen LogP contribution in [0.2, 0.25) is 0 Å². The van der Waals surface area contributed by atoms with E-state index in [9.17, 15) is 4.79 Å². The van der Waals surface area contributed by atoms with Crippen molar-refractivity contribution in [3.63, 3.8) is 0 Å². The molecule has 1 aromatic rings. The molecule has 1 nitrogen and oxygen atoms in total. The number of hydrogen-bond donors (Lipinski definition) is 0. The van der Waals surface area contributed by atoms with Crippen molar-refractivity contribution < 1.29 is 4.79 Å². The molecular formula is C17H22O. The number of rotatable bonds is 2. The Hall–Kier alpha value is -1.37. The first-order valence-electron chi connectivity index (χ1n) is 6.90. The number of allylic oxidation sites excluding steroid dienone is 1. The van der Waals surface area contributed by atoms with Crippen molar-refractivity contribution in [1.29, 1.82) is 0 Å². The summed E-state index contributed by atoms with van der Waals surface area (Å²) >= 11 is 0. The van der Waals surface area contributed by atoms with Crippen molar-refractivity contribution in [2.75, 3.05) is 0 Å². The normalized spacial score (nSPS) is 26.9. The summed E-state index contributed by atoms with van der Waals surface area (Å²) in [7, 11) is 0. The van der Waals surface area contributed by atoms with Gasteiger partial charge in [0.05, 0.1) is 0 Å². The number of Topliss-reactive ketones (excluding diaryl/α,β-unsaturated/α-hetero) is 1. The predicted molar refractivity (Wildman–Crippen MR) is 76.2 cm³/mol. The highest BCUT2D eigenvalue weighted by atomic mass is 16.1. The van der Waals surface area contributed by atoms with Crippen LogP contribution < -0.4 is 0 Å². The minimum atomic E-state index is 0.219. The average Bonchev–Trinajstić information content (AvgIpc) is 2.35. The third kappa shape index (κ3) is 2.72. The number of carbonyl (C=O) groups excluding carboxylic acids is 1. The van der Waals surface area contributed by atoms with Gasteiger partial charge in [-0.05, 0) is 41.9 Å². The molecule has 1 aromatic carbocycles. The van der Waals surface area contributed by atoms with E-state index in [-0.39, 0.29) is 5.92 Å². The summed E-state index contributed by atoms with van der Waals surface area (Å²) in [5.41, 5.74) is 2.16. The number of benzene rings is 1. The van der Waals surface area contributed by atoms with Crippen molar-refractivity contribution in [3.05, 3.63) is 41.5 Å². The van der Waals surface area contributed by atoms with Crippen LogP contribution in [0.15, 0.2) is 35.9 Å². The molecule has 2 rings (SSSR count). The zero-order valence-corrected chi connectivity index (χ0v) is 11.5. The molecule has 0 unspecified atom stereocenters. The lowest BCUT2D eigenvalue weighted by Gasteiger charge is -2.30. The molecule has 0 spiro atoms. The lowest BCUT2D eigenvalue weighted by Crippen LogP contribution is -2.30. The fourth-order valence-electron chi connectivity index (χ4n) is 2.75. The van der Waals surface area contributed by atoms with Crippen molar-refractivity contribution in [2.45, 2.75) is 33.6 Å². The van der Waals surface area contributed by atoms with Gasteiger partial charge in [-0.1, -0.05) is 51.1 Å². The molecule has 1 heteroatoms. The third-order valence-electron chi connectivity index (χ3n) is 3.99. The summed E-state index contributed by atoms with van der Waals surface area (Å²) in [6, 6.07) is 10.2. The SMILES string of the molecule is CC(C)[C@H]1CC[C@@H](C)/C(=C\c2ccccc2)C1=O. The van der Waals surface area contributed by atoms with E-state index in [1.807, 2.05) is 18.2 Å². The van der Waals surface area contributed by atoms with Gasteiger partial charge in [-0.2, -0.15) is 0 Å². The van der Waals surface area contributed by atoms with Gasteiger partial charge in [-0.25, -0.2) is 0 Å². The zero-order valence-electron chi connectivity index (χ0n) is 11.5. The van der Waals surface area contributed by atoms with Crippen LogP contribution in [0.5, 0.6) is 0 Å². The largest absolute Gasteiger partial charge is 0.294 e. The van der Waals surface area contributed by atoms with Crippen LogP contribution in [-0.2, 0) is 4.79 Å². The Morgan fingerprint density at radius 2 is 1.83 bits per heavy atom. The summed E-state index contributed by atoms with van der Waals surface area (Å²) in [6.07, 6.45) is 4.26. The van der Waals surface area contributed by atoms with Crippen molar-refractivity contribution in [1.82, 2.24) is 0 Å². The predicted octanol–water partition coefficient (Wildman–Crippen LogP) is 4.34. The van der Waals surface area contributed by atoms with Crippen LogP contribution in [0.4, 0.5) is 0 Å². The number of ketones is 1. The molecule has 0 bridgehead atoms. The van der Waals surface area contributed by atoms with Gasteiger partial charge in [0, 0.05) is 5.92 Å². The van der Waals surface area contributed by atoms with E-state index in [4.69, 9.17) is 0 Å². The first-order chi connectivity index (χ1) is 8.59. The average molecular weight is 242 g/mol. The maximum absolute atomic E-state index is 12.5. The molecule has 0 aliphatic heterocycles. The van der Waals surface area contributed by atoms with Gasteiger partial charge >= 0.3 is 0 Å². The van der Waals surface area contributed by atoms with E-state index in [1.165, 1.54) is 0 Å². The van der Waals surface area contributed by atoms with E-state index in [1.54, 1.807) is 0 Å². The van der Waals surface area contributed by atoms with E-state index in [0.29, 0.717) is 17.6 Å². The van der Waals surface area contributed by atoms with E-state index in [0.717, 1.165) is 24.0 Å². The topological polar surface area (TPSA) is 17.1 Å². The second-order valence-electron chi connectivity index (χ2n) is 5.70. The first kappa shape index (κ1) is 13.1. The molecule has 0 aromatic heterocycles. The summed E-state index contributed by atoms with van der Waals surface area (Å²) < 4.78 is 0. The second kappa shape index (κ2) is 5.51. The van der Waals surface area contributed by atoms with Crippen LogP contribution in [0.25, 0.3) is 6.08 Å². The molecule has 0 heterocycles. The molecule has 1 fully saturated rings. The van der Waals surface area contributed by atoms with Crippen LogP contribution in [0, 0.1) is 17.8 Å². The third-order valence-corrected chi connectivity index (χ3v) is 3.99. The minimum absolute atomic E-state index is 0.219. The Morgan fingerprint density at radius 1 is 1.17 bits per heavy atom. The van der Waals surface area contributed by atoms with Crippen LogP contribution in [-0.4, -0.2) is 5.78 Å². The Morgan fingerprint density at radius 3 is 2.44 bits per heavy atom. The second-order valence-corrected chi connectivity index (χ2v) is 5.70. The quantitative estimate of drug-likeness (QED) is 0.705. The standard InChI is InChI=1S/C17H22O/c1-12(2)15-10-9-13(3)16(17(15)18)11-14-7-5-4-6-8-14/h4-8,11-13,15H,9-10H2,1-3H3/b16-11+/t13-,15-/m1/s1. The molecular weight excluding hydrogens is 220 g/mol. The lowest BCUT2D eigenvalue weighted by atomic mass is 9.73. The fraction of sp³-hybridized carbons (Fsp3) is 0.471. The lowest BCUT2D eigenvalue weighted by molar-refractivity contribution is -0.122. The van der Waals surface area contributed by atoms with Crippen LogP contribution >= 0.6 is 0 Å². The maximum atomic E-state index is 12.5. The monoisotopic (exact) mass is 242 g/mol. The molecule has 0 radical (unpaired) electrons. The van der Waals surface area contributed by atoms with Gasteiger partial charge in [0.1, 0.15) is 0 Å². The molecule has 0 saturated heterocycles. The maximum Gasteiger partial charge on any atom is 0.162 e. The molecule has 0 amide bonds. The highest BCUT2D eigenvalue weighted by Crippen LogP contribution is 2.35. The fourth-order valence-corrected chi connectivity index (χ4v) is 2.75. The van der Waals surface area contributed by atoms with Gasteiger partial charge in [-0.15, -0.1) is 0 Å². The molecule has 1 saturated carbocycles. The van der Waals surface area contributed by atoms with Gasteiger partial charge in [0.15, 0.2) is 5.78 Å². The van der Waals surface area contributed by atoms with Crippen LogP contribution in [0.1, 0.15) is 39.2 Å². The zero-order chi connectivity index (χ0) is 13.1. The summed E-state index contributed by atoms with van der Waals surface area (Å²) in [5.74, 6) is 1.43. The Kier molecular flexibility index (Phi) is 4.00. The molecule has 96 valence electrons. The molecule has 0 N–H and O–H groups in total. The van der Waals surface area contributed by atoms with Crippen LogP contribution in [0.3, 0.4) is 0 Å². The number of carbonyl (C=O) groups is 1. The van der Waals surface area contributed by atoms with Crippen molar-refractivity contribution in [3.8, 4) is 0 Å². The highest BCUT2D eigenvalue weighted by Gasteiger charge is 2.32. The Bertz CT molecular complexity index is 442. The summed E-state index contributed by atoms with van der Waals surface area (Å²) in [4.78, 5) is 12.5. The summed E-state index contributed by atoms with van der Waals surface area (Å²) in [6.45, 7) is 6.47. The van der Waals surface area contributed by atoms with E-state index in [2.05, 4.69) is 39.0 Å². The van der Waals surface area contributed by atoms with E-state index >= 15 is 0 Å². The van der Waals surface area contributed by atoms with E-state index < -0.39 is 0 Å². The molecule has 18 heavy (non-hydrogen) atoms. The van der Waals surface area contributed by atoms with Crippen molar-refractivity contribution in [2.24, 2.45) is 17.8 Å². The van der Waals surface area contributed by atoms with Crippen molar-refractivity contribution >= 4 is 11.9 Å². The van der Waals surface area contributed by atoms with Gasteiger partial charge in [-0.3, -0.25) is 4.79 Å². The smallest absolute Gasteiger partial charge is 0.162 e.